The minimum absolute atomic E-state index is 0.166. The Labute approximate surface area is 161 Å². The van der Waals surface area contributed by atoms with E-state index in [9.17, 15) is 24.6 Å². The van der Waals surface area contributed by atoms with E-state index < -0.39 is 33.5 Å². The molecule has 5 heteroatoms. The van der Waals surface area contributed by atoms with Crippen molar-refractivity contribution in [2.45, 2.75) is 73.3 Å². The number of hydrogen-bond donors (Lipinski definition) is 2. The van der Waals surface area contributed by atoms with Crippen molar-refractivity contribution in [3.8, 4) is 0 Å². The number of rotatable bonds is 4. The highest BCUT2D eigenvalue weighted by Gasteiger charge is 2.77. The van der Waals surface area contributed by atoms with Gasteiger partial charge in [0.05, 0.1) is 16.4 Å². The van der Waals surface area contributed by atoms with Gasteiger partial charge in [0, 0.05) is 5.92 Å². The Morgan fingerprint density at radius 1 is 1.22 bits per heavy atom. The first-order valence-corrected chi connectivity index (χ1v) is 9.97. The van der Waals surface area contributed by atoms with Gasteiger partial charge >= 0.3 is 0 Å². The van der Waals surface area contributed by atoms with Crippen LogP contribution in [0.3, 0.4) is 0 Å². The predicted molar refractivity (Wildman–Crippen MR) is 101 cm³/mol. The molecule has 2 fully saturated rings. The highest BCUT2D eigenvalue weighted by atomic mass is 16.3. The average molecular weight is 376 g/mol. The molecule has 0 amide bonds. The van der Waals surface area contributed by atoms with Gasteiger partial charge in [0.15, 0.2) is 17.3 Å². The van der Waals surface area contributed by atoms with Gasteiger partial charge in [-0.1, -0.05) is 27.7 Å². The summed E-state index contributed by atoms with van der Waals surface area (Å²) >= 11 is 0. The smallest absolute Gasteiger partial charge is 0.183 e. The summed E-state index contributed by atoms with van der Waals surface area (Å²) < 4.78 is 0. The van der Waals surface area contributed by atoms with E-state index >= 15 is 0 Å². The first kappa shape index (κ1) is 20.2. The maximum absolute atomic E-state index is 13.6. The molecule has 3 rings (SSSR count). The number of carbonyl (C=O) groups is 3. The molecular weight excluding hydrogens is 344 g/mol. The summed E-state index contributed by atoms with van der Waals surface area (Å²) in [4.78, 5) is 40.1. The van der Waals surface area contributed by atoms with E-state index in [1.165, 1.54) is 0 Å². The predicted octanol–water partition coefficient (Wildman–Crippen LogP) is 3.40. The maximum Gasteiger partial charge on any atom is 0.183 e. The van der Waals surface area contributed by atoms with Crippen molar-refractivity contribution in [2.24, 2.45) is 34.0 Å². The van der Waals surface area contributed by atoms with Crippen LogP contribution < -0.4 is 0 Å². The van der Waals surface area contributed by atoms with E-state index in [2.05, 4.69) is 0 Å². The van der Waals surface area contributed by atoms with Gasteiger partial charge in [-0.15, -0.1) is 0 Å². The largest absolute Gasteiger partial charge is 0.510 e. The van der Waals surface area contributed by atoms with E-state index in [1.54, 1.807) is 27.7 Å². The highest BCUT2D eigenvalue weighted by Crippen LogP contribution is 2.72. The van der Waals surface area contributed by atoms with Gasteiger partial charge in [0.1, 0.15) is 11.3 Å². The fourth-order valence-corrected chi connectivity index (χ4v) is 6.27. The van der Waals surface area contributed by atoms with E-state index in [-0.39, 0.29) is 41.2 Å². The van der Waals surface area contributed by atoms with E-state index in [0.29, 0.717) is 12.8 Å². The van der Waals surface area contributed by atoms with Gasteiger partial charge in [0.25, 0.3) is 0 Å². The van der Waals surface area contributed by atoms with Crippen LogP contribution in [0.1, 0.15) is 67.7 Å². The van der Waals surface area contributed by atoms with Gasteiger partial charge in [-0.3, -0.25) is 14.4 Å². The van der Waals surface area contributed by atoms with Crippen molar-refractivity contribution in [1.82, 2.24) is 0 Å². The number of aliphatic hydroxyl groups is 2. The molecular formula is C22H32O5. The van der Waals surface area contributed by atoms with Crippen LogP contribution in [0.4, 0.5) is 0 Å². The van der Waals surface area contributed by atoms with Gasteiger partial charge in [0.2, 0.25) is 0 Å². The lowest BCUT2D eigenvalue weighted by atomic mass is 9.64. The summed E-state index contributed by atoms with van der Waals surface area (Å²) in [5.74, 6) is -2.46. The van der Waals surface area contributed by atoms with Gasteiger partial charge < -0.3 is 10.2 Å². The Bertz CT molecular complexity index is 768. The van der Waals surface area contributed by atoms with Crippen molar-refractivity contribution < 1.29 is 24.6 Å². The molecule has 1 spiro atoms. The molecule has 3 aliphatic rings. The standard InChI is InChI=1S/C22H32O5/c1-8-11(2)15(23)14-16(24)21(7)9-13-19(3,4)12(20(5,6)27)10-22(13,17(14)25)18(21)26/h11-13,24,27H,8-10H2,1-7H3. The molecule has 0 aliphatic heterocycles. The third-order valence-corrected chi connectivity index (χ3v) is 7.99. The third-order valence-electron chi connectivity index (χ3n) is 7.99. The van der Waals surface area contributed by atoms with Crippen LogP contribution in [-0.4, -0.2) is 33.2 Å². The minimum atomic E-state index is -1.31. The lowest BCUT2D eigenvalue weighted by Crippen LogP contribution is -2.50. The monoisotopic (exact) mass is 376 g/mol. The van der Waals surface area contributed by atoms with Gasteiger partial charge in [-0.2, -0.15) is 0 Å². The van der Waals surface area contributed by atoms with Crippen LogP contribution in [0.25, 0.3) is 0 Å². The summed E-state index contributed by atoms with van der Waals surface area (Å²) in [6.45, 7) is 12.7. The van der Waals surface area contributed by atoms with Gasteiger partial charge in [-0.25, -0.2) is 0 Å². The molecule has 5 unspecified atom stereocenters. The fraction of sp³-hybridized carbons (Fsp3) is 0.773. The first-order valence-electron chi connectivity index (χ1n) is 9.97. The normalized spacial score (nSPS) is 39.0. The fourth-order valence-electron chi connectivity index (χ4n) is 6.27. The van der Waals surface area contributed by atoms with Crippen molar-refractivity contribution >= 4 is 17.3 Å². The van der Waals surface area contributed by atoms with Crippen molar-refractivity contribution in [3.05, 3.63) is 11.3 Å². The zero-order valence-electron chi connectivity index (χ0n) is 17.5. The number of fused-ring (bicyclic) bond motifs is 1. The lowest BCUT2D eigenvalue weighted by molar-refractivity contribution is -0.144. The second kappa shape index (κ2) is 5.53. The number of Topliss-reactive ketones (excluding diaryl/α,β-unsaturated/α-hetero) is 3. The Morgan fingerprint density at radius 3 is 2.26 bits per heavy atom. The molecule has 5 atom stereocenters. The Morgan fingerprint density at radius 2 is 1.78 bits per heavy atom. The molecule has 0 saturated heterocycles. The van der Waals surface area contributed by atoms with Crippen LogP contribution >= 0.6 is 0 Å². The molecule has 2 N–H and O–H groups in total. The Balaban J connectivity index is 2.23. The second-order valence-electron chi connectivity index (χ2n) is 10.3. The Hall–Kier alpha value is -1.49. The summed E-state index contributed by atoms with van der Waals surface area (Å²) in [7, 11) is 0. The van der Waals surface area contributed by atoms with Crippen LogP contribution in [0.5, 0.6) is 0 Å². The van der Waals surface area contributed by atoms with E-state index in [1.807, 2.05) is 20.8 Å². The summed E-state index contributed by atoms with van der Waals surface area (Å²) in [5.41, 5.74) is -4.20. The quantitative estimate of drug-likeness (QED) is 0.580. The number of aliphatic hydroxyl groups excluding tert-OH is 1. The molecule has 0 radical (unpaired) electrons. The minimum Gasteiger partial charge on any atom is -0.510 e. The summed E-state index contributed by atoms with van der Waals surface area (Å²) in [6, 6.07) is 0. The molecule has 0 aromatic carbocycles. The molecule has 5 nitrogen and oxygen atoms in total. The van der Waals surface area contributed by atoms with Crippen LogP contribution in [0.15, 0.2) is 11.3 Å². The summed E-state index contributed by atoms with van der Waals surface area (Å²) in [6.07, 6.45) is 1.12. The molecule has 2 saturated carbocycles. The molecule has 3 aliphatic carbocycles. The number of allylic oxidation sites excluding steroid dienone is 2. The second-order valence-corrected chi connectivity index (χ2v) is 10.3. The summed E-state index contributed by atoms with van der Waals surface area (Å²) in [5, 5.41) is 21.6. The van der Waals surface area contributed by atoms with Crippen LogP contribution in [-0.2, 0) is 14.4 Å². The average Bonchev–Trinajstić information content (AvgIpc) is 2.91. The van der Waals surface area contributed by atoms with Crippen molar-refractivity contribution in [3.63, 3.8) is 0 Å². The maximum atomic E-state index is 13.6. The molecule has 0 aromatic rings. The first-order chi connectivity index (χ1) is 12.2. The third kappa shape index (κ3) is 2.24. The van der Waals surface area contributed by atoms with Crippen LogP contribution in [0, 0.1) is 34.0 Å². The van der Waals surface area contributed by atoms with Crippen LogP contribution in [0.2, 0.25) is 0 Å². The van der Waals surface area contributed by atoms with E-state index in [0.717, 1.165) is 0 Å². The molecule has 0 aromatic heterocycles. The van der Waals surface area contributed by atoms with E-state index in [4.69, 9.17) is 0 Å². The highest BCUT2D eigenvalue weighted by molar-refractivity contribution is 6.32. The number of ketones is 3. The number of hydrogen-bond acceptors (Lipinski definition) is 5. The zero-order valence-corrected chi connectivity index (χ0v) is 17.5. The van der Waals surface area contributed by atoms with Crippen molar-refractivity contribution in [1.29, 1.82) is 0 Å². The van der Waals surface area contributed by atoms with Crippen molar-refractivity contribution in [2.75, 3.05) is 0 Å². The zero-order chi connectivity index (χ0) is 20.7. The SMILES string of the molecule is CCC(C)C(=O)C1=C(O)C2(C)CC3C(CC(C(C)(C)O)C3(C)C)(C1=O)C2=O. The topological polar surface area (TPSA) is 91.7 Å². The molecule has 0 heterocycles. The molecule has 2 bridgehead atoms. The lowest BCUT2D eigenvalue weighted by Gasteiger charge is -2.40. The molecule has 150 valence electrons. The van der Waals surface area contributed by atoms with Gasteiger partial charge in [-0.05, 0) is 57.3 Å². The number of carbonyl (C=O) groups excluding carboxylic acids is 3. The molecule has 27 heavy (non-hydrogen) atoms. The Kier molecular flexibility index (Phi) is 4.14.